The number of aliphatic hydroxyl groups excluding tert-OH is 1. The van der Waals surface area contributed by atoms with Gasteiger partial charge in [-0.05, 0) is 43.2 Å². The first kappa shape index (κ1) is 24.5. The van der Waals surface area contributed by atoms with Gasteiger partial charge >= 0.3 is 0 Å². The number of rotatable bonds is 8. The fraction of sp³-hybridized carbons (Fsp3) is 0.423. The first-order valence-corrected chi connectivity index (χ1v) is 12.1. The number of amides is 3. The van der Waals surface area contributed by atoms with E-state index in [4.69, 9.17) is 5.73 Å². The molecular formula is C26H33N5O4. The van der Waals surface area contributed by atoms with Crippen LogP contribution < -0.4 is 20.9 Å². The molecule has 2 fully saturated rings. The maximum absolute atomic E-state index is 12.7. The van der Waals surface area contributed by atoms with Gasteiger partial charge in [-0.15, -0.1) is 0 Å². The molecule has 0 spiro atoms. The minimum absolute atomic E-state index is 0.0110. The molecule has 0 radical (unpaired) electrons. The highest BCUT2D eigenvalue weighted by molar-refractivity contribution is 6.03. The van der Waals surface area contributed by atoms with Crippen molar-refractivity contribution in [2.75, 3.05) is 55.6 Å². The lowest BCUT2D eigenvalue weighted by Gasteiger charge is -2.38. The number of likely N-dealkylation sites (tertiary alicyclic amines) is 1. The summed E-state index contributed by atoms with van der Waals surface area (Å²) in [7, 11) is 0. The van der Waals surface area contributed by atoms with Gasteiger partial charge in [-0.2, -0.15) is 0 Å². The maximum atomic E-state index is 12.7. The lowest BCUT2D eigenvalue weighted by atomic mass is 10.0. The Labute approximate surface area is 205 Å². The second-order valence-corrected chi connectivity index (χ2v) is 9.16. The average molecular weight is 480 g/mol. The third-order valence-electron chi connectivity index (χ3n) is 6.70. The Morgan fingerprint density at radius 1 is 1.03 bits per heavy atom. The standard InChI is InChI=1S/C26H33N5O4/c1-18-5-2-3-6-22(18)29-11-13-30(14-12-29)23-9-8-19(15-21(23)25(27)34)26(35)28-16-20(32)17-31-10-4-7-24(31)33/h2-3,5-6,8-9,15,20,32H,4,7,10-14,16-17H2,1H3,(H2,27,34)(H,28,35). The maximum Gasteiger partial charge on any atom is 0.251 e. The van der Waals surface area contributed by atoms with E-state index >= 15 is 0 Å². The zero-order valence-corrected chi connectivity index (χ0v) is 20.1. The summed E-state index contributed by atoms with van der Waals surface area (Å²) >= 11 is 0. The van der Waals surface area contributed by atoms with Crippen LogP contribution in [0.1, 0.15) is 39.1 Å². The van der Waals surface area contributed by atoms with Crippen molar-refractivity contribution in [1.29, 1.82) is 0 Å². The Balaban J connectivity index is 1.38. The molecule has 1 unspecified atom stereocenters. The quantitative estimate of drug-likeness (QED) is 0.522. The zero-order valence-electron chi connectivity index (χ0n) is 20.1. The van der Waals surface area contributed by atoms with Crippen LogP contribution in [0.15, 0.2) is 42.5 Å². The van der Waals surface area contributed by atoms with Gasteiger partial charge in [0.2, 0.25) is 5.91 Å². The molecule has 2 aromatic rings. The third-order valence-corrected chi connectivity index (χ3v) is 6.70. The van der Waals surface area contributed by atoms with Crippen molar-refractivity contribution < 1.29 is 19.5 Å². The topological polar surface area (TPSA) is 119 Å². The molecular weight excluding hydrogens is 446 g/mol. The number of aryl methyl sites for hydroxylation is 1. The van der Waals surface area contributed by atoms with Gasteiger partial charge in [0.15, 0.2) is 0 Å². The second-order valence-electron chi connectivity index (χ2n) is 9.16. The van der Waals surface area contributed by atoms with Crippen LogP contribution in [0.4, 0.5) is 11.4 Å². The van der Waals surface area contributed by atoms with Gasteiger partial charge in [0.1, 0.15) is 0 Å². The van der Waals surface area contributed by atoms with E-state index in [1.807, 2.05) is 12.1 Å². The Morgan fingerprint density at radius 2 is 1.71 bits per heavy atom. The molecule has 3 amide bonds. The minimum Gasteiger partial charge on any atom is -0.389 e. The van der Waals surface area contributed by atoms with E-state index < -0.39 is 17.9 Å². The highest BCUT2D eigenvalue weighted by Crippen LogP contribution is 2.26. The van der Waals surface area contributed by atoms with Gasteiger partial charge in [-0.1, -0.05) is 18.2 Å². The Hall–Kier alpha value is -3.59. The summed E-state index contributed by atoms with van der Waals surface area (Å²) in [5.74, 6) is -0.976. The van der Waals surface area contributed by atoms with Crippen LogP contribution in [0.3, 0.4) is 0 Å². The summed E-state index contributed by atoms with van der Waals surface area (Å²) in [6.45, 7) is 6.00. The number of nitrogens with one attached hydrogen (secondary N) is 1. The minimum atomic E-state index is -0.861. The van der Waals surface area contributed by atoms with Gasteiger partial charge in [-0.25, -0.2) is 0 Å². The van der Waals surface area contributed by atoms with E-state index in [9.17, 15) is 19.5 Å². The van der Waals surface area contributed by atoms with Crippen molar-refractivity contribution in [2.45, 2.75) is 25.9 Å². The monoisotopic (exact) mass is 479 g/mol. The number of hydrogen-bond donors (Lipinski definition) is 3. The summed E-state index contributed by atoms with van der Waals surface area (Å²) in [5.41, 5.74) is 9.42. The molecule has 35 heavy (non-hydrogen) atoms. The number of primary amides is 1. The molecule has 0 saturated carbocycles. The van der Waals surface area contributed by atoms with Crippen LogP contribution in [-0.4, -0.2) is 79.6 Å². The lowest BCUT2D eigenvalue weighted by Crippen LogP contribution is -2.47. The second kappa shape index (κ2) is 10.8. The van der Waals surface area contributed by atoms with Crippen molar-refractivity contribution in [2.24, 2.45) is 5.73 Å². The van der Waals surface area contributed by atoms with E-state index in [-0.39, 0.29) is 19.0 Å². The van der Waals surface area contributed by atoms with E-state index in [1.165, 1.54) is 17.3 Å². The predicted octanol–water partition coefficient (Wildman–Crippen LogP) is 1.13. The molecule has 2 heterocycles. The molecule has 1 atom stereocenters. The summed E-state index contributed by atoms with van der Waals surface area (Å²) in [4.78, 5) is 42.7. The van der Waals surface area contributed by atoms with Crippen molar-refractivity contribution in [3.05, 3.63) is 59.2 Å². The van der Waals surface area contributed by atoms with Crippen molar-refractivity contribution >= 4 is 29.1 Å². The predicted molar refractivity (Wildman–Crippen MR) is 135 cm³/mol. The zero-order chi connectivity index (χ0) is 24.9. The number of aliphatic hydroxyl groups is 1. The van der Waals surface area contributed by atoms with E-state index in [2.05, 4.69) is 34.2 Å². The fourth-order valence-electron chi connectivity index (χ4n) is 4.79. The van der Waals surface area contributed by atoms with Crippen LogP contribution in [0, 0.1) is 6.92 Å². The summed E-state index contributed by atoms with van der Waals surface area (Å²) in [5, 5.41) is 12.9. The number of β-amino-alcohol motifs (C(OH)–C–C–N with tert-alkyl or cyclic N) is 1. The van der Waals surface area contributed by atoms with E-state index in [0.29, 0.717) is 29.8 Å². The van der Waals surface area contributed by atoms with Crippen LogP contribution in [0.2, 0.25) is 0 Å². The van der Waals surface area contributed by atoms with Crippen LogP contribution in [0.5, 0.6) is 0 Å². The molecule has 2 aromatic carbocycles. The molecule has 2 aliphatic rings. The van der Waals surface area contributed by atoms with Crippen molar-refractivity contribution in [3.8, 4) is 0 Å². The van der Waals surface area contributed by atoms with Gasteiger partial charge in [0, 0.05) is 69.2 Å². The Morgan fingerprint density at radius 3 is 2.34 bits per heavy atom. The number of piperazine rings is 1. The summed E-state index contributed by atoms with van der Waals surface area (Å²) in [6.07, 6.45) is 0.434. The average Bonchev–Trinajstić information content (AvgIpc) is 3.26. The number of carbonyl (C=O) groups is 3. The lowest BCUT2D eigenvalue weighted by molar-refractivity contribution is -0.128. The highest BCUT2D eigenvalue weighted by atomic mass is 16.3. The number of carbonyl (C=O) groups excluding carboxylic acids is 3. The fourth-order valence-corrected chi connectivity index (χ4v) is 4.79. The molecule has 4 N–H and O–H groups in total. The third kappa shape index (κ3) is 5.74. The molecule has 4 rings (SSSR count). The van der Waals surface area contributed by atoms with Crippen molar-refractivity contribution in [1.82, 2.24) is 10.2 Å². The first-order chi connectivity index (χ1) is 16.8. The number of anilines is 2. The summed E-state index contributed by atoms with van der Waals surface area (Å²) in [6, 6.07) is 13.2. The van der Waals surface area contributed by atoms with Crippen molar-refractivity contribution in [3.63, 3.8) is 0 Å². The Bertz CT molecular complexity index is 1100. The number of hydrogen-bond acceptors (Lipinski definition) is 6. The first-order valence-electron chi connectivity index (χ1n) is 12.1. The molecule has 9 heteroatoms. The normalized spacial score (nSPS) is 17.0. The van der Waals surface area contributed by atoms with E-state index in [0.717, 1.165) is 32.6 Å². The Kier molecular flexibility index (Phi) is 7.55. The smallest absolute Gasteiger partial charge is 0.251 e. The highest BCUT2D eigenvalue weighted by Gasteiger charge is 2.24. The van der Waals surface area contributed by atoms with E-state index in [1.54, 1.807) is 17.0 Å². The van der Waals surface area contributed by atoms with Gasteiger partial charge in [0.05, 0.1) is 11.7 Å². The van der Waals surface area contributed by atoms with Gasteiger partial charge < -0.3 is 30.9 Å². The van der Waals surface area contributed by atoms with Crippen LogP contribution in [0.25, 0.3) is 0 Å². The summed E-state index contributed by atoms with van der Waals surface area (Å²) < 4.78 is 0. The van der Waals surface area contributed by atoms with Gasteiger partial charge in [0.25, 0.3) is 11.8 Å². The largest absolute Gasteiger partial charge is 0.389 e. The molecule has 0 aliphatic carbocycles. The van der Waals surface area contributed by atoms with Crippen LogP contribution in [-0.2, 0) is 4.79 Å². The SMILES string of the molecule is Cc1ccccc1N1CCN(c2ccc(C(=O)NCC(O)CN3CCCC3=O)cc2C(N)=O)CC1. The molecule has 186 valence electrons. The molecule has 9 nitrogen and oxygen atoms in total. The molecule has 0 bridgehead atoms. The molecule has 2 saturated heterocycles. The van der Waals surface area contributed by atoms with Crippen LogP contribution >= 0.6 is 0 Å². The number of benzene rings is 2. The van der Waals surface area contributed by atoms with Gasteiger partial charge in [-0.3, -0.25) is 14.4 Å². The molecule has 0 aromatic heterocycles. The number of nitrogens with two attached hydrogens (primary N) is 1. The number of para-hydroxylation sites is 1. The molecule has 2 aliphatic heterocycles. The number of nitrogens with zero attached hydrogens (tertiary/aromatic N) is 3.